The monoisotopic (exact) mass is 277 g/mol. The predicted molar refractivity (Wildman–Crippen MR) is 77.7 cm³/mol. The van der Waals surface area contributed by atoms with Crippen LogP contribution in [0.2, 0.25) is 0 Å². The number of para-hydroxylation sites is 1. The third-order valence-electron chi connectivity index (χ3n) is 3.83. The maximum Gasteiger partial charge on any atom is 0.223 e. The number of nitrogens with one attached hydrogen (secondary N) is 1. The molecule has 1 aromatic carbocycles. The van der Waals surface area contributed by atoms with Crippen molar-refractivity contribution in [3.63, 3.8) is 0 Å². The van der Waals surface area contributed by atoms with Crippen molar-refractivity contribution < 1.29 is 14.3 Å². The molecule has 1 aliphatic rings. The topological polar surface area (TPSA) is 47.6 Å². The Balaban J connectivity index is 2.06. The van der Waals surface area contributed by atoms with E-state index in [2.05, 4.69) is 12.2 Å². The molecule has 1 aromatic rings. The summed E-state index contributed by atoms with van der Waals surface area (Å²) in [6, 6.07) is 7.85. The van der Waals surface area contributed by atoms with Crippen LogP contribution in [-0.2, 0) is 9.53 Å². The molecule has 1 fully saturated rings. The fraction of sp³-hybridized carbons (Fsp3) is 0.562. The van der Waals surface area contributed by atoms with Crippen molar-refractivity contribution in [3.05, 3.63) is 29.8 Å². The van der Waals surface area contributed by atoms with Gasteiger partial charge in [-0.2, -0.15) is 0 Å². The number of methoxy groups -OCH3 is 1. The number of carbonyl (C=O) groups excluding carboxylic acids is 1. The van der Waals surface area contributed by atoms with Gasteiger partial charge in [-0.15, -0.1) is 0 Å². The second kappa shape index (κ2) is 7.29. The summed E-state index contributed by atoms with van der Waals surface area (Å²) in [6.07, 6.45) is 2.47. The zero-order valence-electron chi connectivity index (χ0n) is 12.2. The number of benzene rings is 1. The zero-order valence-corrected chi connectivity index (χ0v) is 12.2. The van der Waals surface area contributed by atoms with E-state index >= 15 is 0 Å². The molecule has 1 aliphatic heterocycles. The third-order valence-corrected chi connectivity index (χ3v) is 3.83. The van der Waals surface area contributed by atoms with Crippen molar-refractivity contribution in [2.45, 2.75) is 32.2 Å². The molecule has 0 saturated carbocycles. The quantitative estimate of drug-likeness (QED) is 0.900. The van der Waals surface area contributed by atoms with Gasteiger partial charge in [-0.25, -0.2) is 0 Å². The van der Waals surface area contributed by atoms with Crippen molar-refractivity contribution >= 4 is 5.91 Å². The molecule has 0 aliphatic carbocycles. The van der Waals surface area contributed by atoms with Gasteiger partial charge >= 0.3 is 0 Å². The summed E-state index contributed by atoms with van der Waals surface area (Å²) < 4.78 is 10.7. The smallest absolute Gasteiger partial charge is 0.223 e. The van der Waals surface area contributed by atoms with Gasteiger partial charge in [0, 0.05) is 24.7 Å². The lowest BCUT2D eigenvalue weighted by Crippen LogP contribution is -2.36. The van der Waals surface area contributed by atoms with Crippen LogP contribution in [0.5, 0.6) is 5.75 Å². The van der Waals surface area contributed by atoms with Crippen LogP contribution >= 0.6 is 0 Å². The number of hydrogen-bond donors (Lipinski definition) is 1. The molecule has 0 spiro atoms. The summed E-state index contributed by atoms with van der Waals surface area (Å²) in [5.41, 5.74) is 1.04. The maximum atomic E-state index is 12.3. The van der Waals surface area contributed by atoms with Crippen LogP contribution in [0.15, 0.2) is 24.3 Å². The van der Waals surface area contributed by atoms with Gasteiger partial charge in [0.2, 0.25) is 5.91 Å². The van der Waals surface area contributed by atoms with Gasteiger partial charge in [0.05, 0.1) is 13.2 Å². The van der Waals surface area contributed by atoms with E-state index in [1.54, 1.807) is 7.11 Å². The molecule has 0 aromatic heterocycles. The standard InChI is InChI=1S/C16H23NO3/c1-3-14(13-6-4-5-7-15(13)19-2)17-16(18)12-8-10-20-11-9-12/h4-7,12,14H,3,8-11H2,1-2H3,(H,17,18)/t14-/m1/s1. The summed E-state index contributed by atoms with van der Waals surface area (Å²) >= 11 is 0. The Bertz CT molecular complexity index is 441. The van der Waals surface area contributed by atoms with Gasteiger partial charge in [0.1, 0.15) is 5.75 Å². The molecular weight excluding hydrogens is 254 g/mol. The van der Waals surface area contributed by atoms with Crippen LogP contribution in [0, 0.1) is 5.92 Å². The lowest BCUT2D eigenvalue weighted by atomic mass is 9.97. The van der Waals surface area contributed by atoms with Crippen LogP contribution in [0.1, 0.15) is 37.8 Å². The molecule has 4 nitrogen and oxygen atoms in total. The molecule has 1 N–H and O–H groups in total. The molecule has 1 saturated heterocycles. The SMILES string of the molecule is CC[C@@H](NC(=O)C1CCOCC1)c1ccccc1OC. The van der Waals surface area contributed by atoms with Crippen molar-refractivity contribution in [1.82, 2.24) is 5.32 Å². The summed E-state index contributed by atoms with van der Waals surface area (Å²) in [5.74, 6) is 1.03. The molecule has 1 amide bonds. The van der Waals surface area contributed by atoms with Gasteiger partial charge in [0.15, 0.2) is 0 Å². The average molecular weight is 277 g/mol. The van der Waals surface area contributed by atoms with E-state index in [0.717, 1.165) is 30.6 Å². The summed E-state index contributed by atoms with van der Waals surface area (Å²) in [5, 5.41) is 3.15. The predicted octanol–water partition coefficient (Wildman–Crippen LogP) is 2.69. The second-order valence-corrected chi connectivity index (χ2v) is 5.10. The molecule has 0 radical (unpaired) electrons. The lowest BCUT2D eigenvalue weighted by molar-refractivity contribution is -0.128. The highest BCUT2D eigenvalue weighted by Crippen LogP contribution is 2.27. The minimum absolute atomic E-state index is 0.00138. The van der Waals surface area contributed by atoms with E-state index in [-0.39, 0.29) is 17.9 Å². The Hall–Kier alpha value is -1.55. The molecule has 1 atom stereocenters. The summed E-state index contributed by atoms with van der Waals surface area (Å²) in [4.78, 5) is 12.3. The third kappa shape index (κ3) is 3.51. The maximum absolute atomic E-state index is 12.3. The van der Waals surface area contributed by atoms with Gasteiger partial charge < -0.3 is 14.8 Å². The van der Waals surface area contributed by atoms with Crippen LogP contribution in [-0.4, -0.2) is 26.2 Å². The fourth-order valence-corrected chi connectivity index (χ4v) is 2.60. The van der Waals surface area contributed by atoms with Crippen LogP contribution < -0.4 is 10.1 Å². The molecule has 20 heavy (non-hydrogen) atoms. The van der Waals surface area contributed by atoms with E-state index < -0.39 is 0 Å². The Morgan fingerprint density at radius 2 is 2.10 bits per heavy atom. The minimum atomic E-state index is 0.00138. The Morgan fingerprint density at radius 1 is 1.40 bits per heavy atom. The first-order valence-electron chi connectivity index (χ1n) is 7.27. The van der Waals surface area contributed by atoms with Gasteiger partial charge in [-0.05, 0) is 25.3 Å². The van der Waals surface area contributed by atoms with E-state index in [4.69, 9.17) is 9.47 Å². The van der Waals surface area contributed by atoms with Crippen molar-refractivity contribution in [2.24, 2.45) is 5.92 Å². The Morgan fingerprint density at radius 3 is 2.75 bits per heavy atom. The first-order chi connectivity index (χ1) is 9.76. The normalized spacial score (nSPS) is 17.5. The van der Waals surface area contributed by atoms with Gasteiger partial charge in [0.25, 0.3) is 0 Å². The van der Waals surface area contributed by atoms with E-state index in [1.807, 2.05) is 24.3 Å². The summed E-state index contributed by atoms with van der Waals surface area (Å²) in [6.45, 7) is 3.44. The van der Waals surface area contributed by atoms with E-state index in [9.17, 15) is 4.79 Å². The first kappa shape index (κ1) is 14.9. The van der Waals surface area contributed by atoms with Crippen molar-refractivity contribution in [2.75, 3.05) is 20.3 Å². The molecule has 4 heteroatoms. The molecule has 1 heterocycles. The van der Waals surface area contributed by atoms with Crippen molar-refractivity contribution in [3.8, 4) is 5.75 Å². The average Bonchev–Trinajstić information content (AvgIpc) is 2.53. The van der Waals surface area contributed by atoms with E-state index in [1.165, 1.54) is 0 Å². The van der Waals surface area contributed by atoms with Gasteiger partial charge in [-0.3, -0.25) is 4.79 Å². The number of amides is 1. The molecule has 2 rings (SSSR count). The number of ether oxygens (including phenoxy) is 2. The molecule has 110 valence electrons. The number of hydrogen-bond acceptors (Lipinski definition) is 3. The highest BCUT2D eigenvalue weighted by atomic mass is 16.5. The Labute approximate surface area is 120 Å². The minimum Gasteiger partial charge on any atom is -0.496 e. The molecule has 0 unspecified atom stereocenters. The number of rotatable bonds is 5. The van der Waals surface area contributed by atoms with Gasteiger partial charge in [-0.1, -0.05) is 25.1 Å². The highest BCUT2D eigenvalue weighted by Gasteiger charge is 2.24. The number of carbonyl (C=O) groups is 1. The van der Waals surface area contributed by atoms with Crippen molar-refractivity contribution in [1.29, 1.82) is 0 Å². The summed E-state index contributed by atoms with van der Waals surface area (Å²) in [7, 11) is 1.66. The second-order valence-electron chi connectivity index (χ2n) is 5.10. The fourth-order valence-electron chi connectivity index (χ4n) is 2.60. The molecule has 0 bridgehead atoms. The highest BCUT2D eigenvalue weighted by molar-refractivity contribution is 5.79. The van der Waals surface area contributed by atoms with Crippen LogP contribution in [0.3, 0.4) is 0 Å². The van der Waals surface area contributed by atoms with Crippen LogP contribution in [0.4, 0.5) is 0 Å². The zero-order chi connectivity index (χ0) is 14.4. The largest absolute Gasteiger partial charge is 0.496 e. The lowest BCUT2D eigenvalue weighted by Gasteiger charge is -2.25. The first-order valence-corrected chi connectivity index (χ1v) is 7.27. The van der Waals surface area contributed by atoms with Crippen LogP contribution in [0.25, 0.3) is 0 Å². The van der Waals surface area contributed by atoms with E-state index in [0.29, 0.717) is 13.2 Å². The Kier molecular flexibility index (Phi) is 5.41. The molecular formula is C16H23NO3.